The van der Waals surface area contributed by atoms with Crippen LogP contribution in [0.3, 0.4) is 0 Å². The lowest BCUT2D eigenvalue weighted by atomic mass is 9.99. The molecule has 0 spiro atoms. The van der Waals surface area contributed by atoms with Crippen molar-refractivity contribution < 1.29 is 27.4 Å². The molecule has 0 unspecified atom stereocenters. The number of amides is 1. The van der Waals surface area contributed by atoms with E-state index in [9.17, 15) is 18.0 Å². The third kappa shape index (κ3) is 5.69. The normalized spacial score (nSPS) is 15.3. The zero-order valence-electron chi connectivity index (χ0n) is 21.8. The molecule has 13 heteroatoms. The van der Waals surface area contributed by atoms with Crippen LogP contribution in [0.1, 0.15) is 31.9 Å². The first kappa shape index (κ1) is 27.6. The van der Waals surface area contributed by atoms with Crippen LogP contribution in [0.4, 0.5) is 23.8 Å². The first-order valence-electron chi connectivity index (χ1n) is 12.0. The van der Waals surface area contributed by atoms with Crippen LogP contribution in [0.5, 0.6) is 5.75 Å². The van der Waals surface area contributed by atoms with Gasteiger partial charge in [0.05, 0.1) is 28.4 Å². The second-order valence-corrected chi connectivity index (χ2v) is 10.6. The van der Waals surface area contributed by atoms with E-state index >= 15 is 0 Å². The van der Waals surface area contributed by atoms with Gasteiger partial charge in [-0.1, -0.05) is 0 Å². The van der Waals surface area contributed by atoms with E-state index in [1.165, 1.54) is 28.4 Å². The van der Waals surface area contributed by atoms with Crippen molar-refractivity contribution in [3.63, 3.8) is 0 Å². The molecule has 2 aliphatic rings. The number of ether oxygens (including phenoxy) is 2. The molecule has 206 valence electrons. The number of anilines is 1. The molecule has 0 saturated heterocycles. The Hall–Kier alpha value is -3.41. The number of halogens is 4. The fraction of sp³-hybridized carbons (Fsp3) is 0.480. The molecule has 0 atom stereocenters. The number of likely N-dealkylation sites (N-methyl/N-ethyl adjacent to an activating group) is 1. The third-order valence-electron chi connectivity index (χ3n) is 6.02. The summed E-state index contributed by atoms with van der Waals surface area (Å²) in [6, 6.07) is 4.25. The third-order valence-corrected chi connectivity index (χ3v) is 6.29. The molecule has 2 aliphatic heterocycles. The number of nitrogen functional groups attached to an aromatic ring is 1. The molecular weight excluding hydrogens is 525 g/mol. The Balaban J connectivity index is 1.77. The highest BCUT2D eigenvalue weighted by Crippen LogP contribution is 2.39. The van der Waals surface area contributed by atoms with Crippen molar-refractivity contribution in [1.29, 1.82) is 0 Å². The lowest BCUT2D eigenvalue weighted by Crippen LogP contribution is -2.46. The molecule has 1 amide bonds. The molecule has 38 heavy (non-hydrogen) atoms. The zero-order valence-corrected chi connectivity index (χ0v) is 22.6. The summed E-state index contributed by atoms with van der Waals surface area (Å²) in [7, 11) is 1.65. The summed E-state index contributed by atoms with van der Waals surface area (Å²) in [6.07, 6.45) is -5.09. The predicted octanol–water partition coefficient (Wildman–Crippen LogP) is 3.33. The number of carbonyl (C=O) groups excluding carboxylic acids is 1. The van der Waals surface area contributed by atoms with Gasteiger partial charge in [-0.2, -0.15) is 13.2 Å². The molecule has 2 aromatic rings. The number of nitrogens with zero attached hydrogens (tertiary/aromatic N) is 5. The van der Waals surface area contributed by atoms with Crippen LogP contribution in [-0.2, 0) is 10.9 Å². The van der Waals surface area contributed by atoms with E-state index in [1.54, 1.807) is 33.9 Å². The van der Waals surface area contributed by atoms with E-state index < -0.39 is 23.4 Å². The van der Waals surface area contributed by atoms with Crippen LogP contribution in [-0.4, -0.2) is 70.9 Å². The maximum Gasteiger partial charge on any atom is 0.418 e. The number of carbonyl (C=O) groups is 1. The Morgan fingerprint density at radius 3 is 2.63 bits per heavy atom. The van der Waals surface area contributed by atoms with Crippen molar-refractivity contribution in [2.75, 3.05) is 45.7 Å². The number of aromatic nitrogens is 1. The summed E-state index contributed by atoms with van der Waals surface area (Å²) in [6.45, 7) is 8.21. The predicted molar refractivity (Wildman–Crippen MR) is 137 cm³/mol. The lowest BCUT2D eigenvalue weighted by Gasteiger charge is -2.32. The van der Waals surface area contributed by atoms with Gasteiger partial charge in [-0.05, 0) is 51.5 Å². The Morgan fingerprint density at radius 2 is 1.97 bits per heavy atom. The molecule has 0 bridgehead atoms. The summed E-state index contributed by atoms with van der Waals surface area (Å²) < 4.78 is 54.8. The maximum absolute atomic E-state index is 14.0. The summed E-state index contributed by atoms with van der Waals surface area (Å²) in [5.41, 5.74) is 4.20. The van der Waals surface area contributed by atoms with E-state index in [-0.39, 0.29) is 35.9 Å². The number of pyridine rings is 1. The van der Waals surface area contributed by atoms with Crippen LogP contribution in [0.25, 0.3) is 17.1 Å². The summed E-state index contributed by atoms with van der Waals surface area (Å²) >= 11 is 6.55. The lowest BCUT2D eigenvalue weighted by molar-refractivity contribution is -0.137. The minimum absolute atomic E-state index is 0.0218. The smallest absolute Gasteiger partial charge is 0.418 e. The van der Waals surface area contributed by atoms with Crippen LogP contribution in [0.15, 0.2) is 23.2 Å². The Morgan fingerprint density at radius 1 is 1.26 bits per heavy atom. The second kappa shape index (κ2) is 10.0. The average molecular weight is 555 g/mol. The highest BCUT2D eigenvalue weighted by atomic mass is 35.5. The van der Waals surface area contributed by atoms with Gasteiger partial charge in [-0.3, -0.25) is 4.99 Å². The molecule has 0 fully saturated rings. The quantitative estimate of drug-likeness (QED) is 0.579. The van der Waals surface area contributed by atoms with Gasteiger partial charge in [0.2, 0.25) is 0 Å². The van der Waals surface area contributed by atoms with Crippen molar-refractivity contribution in [2.45, 2.75) is 39.5 Å². The van der Waals surface area contributed by atoms with Crippen molar-refractivity contribution in [3.8, 4) is 17.0 Å². The van der Waals surface area contributed by atoms with Gasteiger partial charge in [0.25, 0.3) is 0 Å². The fourth-order valence-corrected chi connectivity index (χ4v) is 4.64. The summed E-state index contributed by atoms with van der Waals surface area (Å²) in [4.78, 5) is 24.3. The Labute approximate surface area is 223 Å². The number of hydrogen-bond acceptors (Lipinski definition) is 8. The van der Waals surface area contributed by atoms with E-state index in [2.05, 4.69) is 9.98 Å². The van der Waals surface area contributed by atoms with Crippen molar-refractivity contribution >= 4 is 29.5 Å². The number of alkyl halides is 3. The first-order valence-corrected chi connectivity index (χ1v) is 12.3. The minimum Gasteiger partial charge on any atom is -0.491 e. The Bertz CT molecular complexity index is 1380. The topological polar surface area (TPSA) is 96.5 Å². The highest BCUT2D eigenvalue weighted by Gasteiger charge is 2.37. The van der Waals surface area contributed by atoms with Crippen LogP contribution >= 0.6 is 11.8 Å². The summed E-state index contributed by atoms with van der Waals surface area (Å²) in [5.74, 6) is 0.909. The monoisotopic (exact) mass is 554 g/mol. The van der Waals surface area contributed by atoms with Gasteiger partial charge in [0.15, 0.2) is 0 Å². The molecule has 0 saturated carbocycles. The van der Waals surface area contributed by atoms with Gasteiger partial charge >= 0.3 is 12.3 Å². The molecule has 1 aromatic heterocycles. The van der Waals surface area contributed by atoms with Gasteiger partial charge in [-0.25, -0.2) is 14.2 Å². The molecule has 0 aliphatic carbocycles. The van der Waals surface area contributed by atoms with Crippen molar-refractivity contribution in [3.05, 3.63) is 39.9 Å². The van der Waals surface area contributed by atoms with Gasteiger partial charge in [0.1, 0.15) is 36.3 Å². The van der Waals surface area contributed by atoms with Crippen molar-refractivity contribution in [2.24, 2.45) is 4.99 Å². The maximum atomic E-state index is 14.0. The zero-order chi connectivity index (χ0) is 28.0. The van der Waals surface area contributed by atoms with Crippen LogP contribution in [0.2, 0.25) is 0 Å². The van der Waals surface area contributed by atoms with E-state index in [4.69, 9.17) is 27.0 Å². The second-order valence-electron chi connectivity index (χ2n) is 10.2. The molecule has 9 nitrogen and oxygen atoms in total. The van der Waals surface area contributed by atoms with Gasteiger partial charge < -0.3 is 25.0 Å². The van der Waals surface area contributed by atoms with Gasteiger partial charge in [-0.15, -0.1) is 0 Å². The molecule has 3 heterocycles. The van der Waals surface area contributed by atoms with Gasteiger partial charge in [0, 0.05) is 37.5 Å². The fourth-order valence-electron chi connectivity index (χ4n) is 4.39. The average Bonchev–Trinajstić information content (AvgIpc) is 2.97. The van der Waals surface area contributed by atoms with Crippen LogP contribution in [0, 0.1) is 6.92 Å². The van der Waals surface area contributed by atoms with E-state index in [1.807, 2.05) is 4.90 Å². The molecule has 1 aromatic carbocycles. The molecule has 4 rings (SSSR count). The number of benzene rings is 1. The van der Waals surface area contributed by atoms with Crippen molar-refractivity contribution in [1.82, 2.24) is 19.2 Å². The standard InChI is InChI=1S/C25H30ClF3N6O3/c1-14-10-18(30)32-21(20(14)25(27,28)29)15-11-16-19-17(12-15)37-9-8-34(22(19)35(26)13-31-16)7-6-33(5)23(36)38-24(2,3)4/h10-12H,6-9,13H2,1-5H3,(H2,30,32). The molecular formula is C25H30ClF3N6O3. The largest absolute Gasteiger partial charge is 0.491 e. The minimum atomic E-state index is -4.64. The molecule has 0 radical (unpaired) electrons. The number of aryl methyl sites for hydroxylation is 1. The molecule has 2 N–H and O–H groups in total. The van der Waals surface area contributed by atoms with Crippen LogP contribution < -0.4 is 21.0 Å². The van der Waals surface area contributed by atoms with E-state index in [0.717, 1.165) is 0 Å². The summed E-state index contributed by atoms with van der Waals surface area (Å²) in [5, 5.41) is 0.980. The number of hydrogen-bond donors (Lipinski definition) is 1. The number of rotatable bonds is 4. The first-order chi connectivity index (χ1) is 17.7. The van der Waals surface area contributed by atoms with E-state index in [0.29, 0.717) is 41.8 Å². The Kier molecular flexibility index (Phi) is 7.30. The number of nitrogens with two attached hydrogens (primary N) is 1. The SMILES string of the molecule is Cc1cc(N)nc(-c2cc3c4c(c2)=NCN(Cl)C=4N(CCN(C)C(=O)OC(C)(C)C)CCO3)c1C(F)(F)F. The highest BCUT2D eigenvalue weighted by molar-refractivity contribution is 6.16.